The zero-order valence-electron chi connectivity index (χ0n) is 7.33. The summed E-state index contributed by atoms with van der Waals surface area (Å²) in [5, 5.41) is 3.28. The molecule has 0 saturated heterocycles. The predicted octanol–water partition coefficient (Wildman–Crippen LogP) is 1.90. The Morgan fingerprint density at radius 1 is 1.21 bits per heavy atom. The first-order valence-corrected chi connectivity index (χ1v) is 5.26. The summed E-state index contributed by atoms with van der Waals surface area (Å²) in [5.74, 6) is 0.0217. The Morgan fingerprint density at radius 2 is 2.14 bits per heavy atom. The normalized spacial score (nSPS) is 14.7. The number of rotatable bonds is 0. The number of nitrogens with one attached hydrogen (secondary N) is 2. The number of amides is 1. The SMILES string of the molecule is O=C1Cc2ccc3ccsc3c2NN1. The van der Waals surface area contributed by atoms with E-state index in [1.54, 1.807) is 11.3 Å². The van der Waals surface area contributed by atoms with E-state index in [1.807, 2.05) is 6.07 Å². The summed E-state index contributed by atoms with van der Waals surface area (Å²) in [4.78, 5) is 11.1. The first-order chi connectivity index (χ1) is 6.84. The maximum Gasteiger partial charge on any atom is 0.242 e. The number of anilines is 1. The molecule has 14 heavy (non-hydrogen) atoms. The maximum atomic E-state index is 11.1. The summed E-state index contributed by atoms with van der Waals surface area (Å²) in [7, 11) is 0. The van der Waals surface area contributed by atoms with E-state index in [2.05, 4.69) is 28.4 Å². The third-order valence-electron chi connectivity index (χ3n) is 2.39. The lowest BCUT2D eigenvalue weighted by Crippen LogP contribution is -2.35. The Morgan fingerprint density at radius 3 is 3.07 bits per heavy atom. The molecule has 2 heterocycles. The molecule has 1 aliphatic rings. The molecule has 0 saturated carbocycles. The van der Waals surface area contributed by atoms with Gasteiger partial charge in [0, 0.05) is 0 Å². The molecule has 1 aliphatic heterocycles. The van der Waals surface area contributed by atoms with Crippen LogP contribution in [0.25, 0.3) is 10.1 Å². The molecule has 2 N–H and O–H groups in total. The number of hydrogen-bond acceptors (Lipinski definition) is 3. The second kappa shape index (κ2) is 2.72. The van der Waals surface area contributed by atoms with Gasteiger partial charge in [-0.25, -0.2) is 0 Å². The van der Waals surface area contributed by atoms with Crippen LogP contribution < -0.4 is 10.9 Å². The first kappa shape index (κ1) is 7.82. The summed E-state index contributed by atoms with van der Waals surface area (Å²) in [6.45, 7) is 0. The summed E-state index contributed by atoms with van der Waals surface area (Å²) >= 11 is 1.69. The van der Waals surface area contributed by atoms with Crippen molar-refractivity contribution < 1.29 is 4.79 Å². The van der Waals surface area contributed by atoms with Crippen LogP contribution >= 0.6 is 11.3 Å². The molecule has 0 bridgehead atoms. The van der Waals surface area contributed by atoms with Crippen molar-refractivity contribution in [1.82, 2.24) is 5.43 Å². The topological polar surface area (TPSA) is 41.1 Å². The highest BCUT2D eigenvalue weighted by Gasteiger charge is 2.16. The van der Waals surface area contributed by atoms with Gasteiger partial charge in [0.2, 0.25) is 5.91 Å². The molecule has 4 heteroatoms. The summed E-state index contributed by atoms with van der Waals surface area (Å²) in [5.41, 5.74) is 7.72. The zero-order chi connectivity index (χ0) is 9.54. The molecule has 0 atom stereocenters. The van der Waals surface area contributed by atoms with E-state index in [4.69, 9.17) is 0 Å². The number of carbonyl (C=O) groups excluding carboxylic acids is 1. The minimum absolute atomic E-state index is 0.0217. The quantitative estimate of drug-likeness (QED) is 0.688. The van der Waals surface area contributed by atoms with Crippen molar-refractivity contribution in [3.63, 3.8) is 0 Å². The summed E-state index contributed by atoms with van der Waals surface area (Å²) < 4.78 is 1.21. The van der Waals surface area contributed by atoms with E-state index in [1.165, 1.54) is 10.1 Å². The standard InChI is InChI=1S/C10H8N2OS/c13-8-5-7-2-1-6-3-4-14-10(6)9(7)12-11-8/h1-4,12H,5H2,(H,11,13). The van der Waals surface area contributed by atoms with Gasteiger partial charge in [-0.05, 0) is 22.4 Å². The van der Waals surface area contributed by atoms with Crippen LogP contribution in [0.1, 0.15) is 5.56 Å². The van der Waals surface area contributed by atoms with Crippen LogP contribution in [0, 0.1) is 0 Å². The lowest BCUT2D eigenvalue weighted by atomic mass is 10.1. The number of carbonyl (C=O) groups is 1. The highest BCUT2D eigenvalue weighted by molar-refractivity contribution is 7.17. The molecular weight excluding hydrogens is 196 g/mol. The second-order valence-electron chi connectivity index (χ2n) is 3.29. The van der Waals surface area contributed by atoms with Crippen LogP contribution in [0.2, 0.25) is 0 Å². The molecule has 3 rings (SSSR count). The average molecular weight is 204 g/mol. The Balaban J connectivity index is 2.29. The largest absolute Gasteiger partial charge is 0.297 e. The van der Waals surface area contributed by atoms with Gasteiger partial charge in [-0.2, -0.15) is 0 Å². The fourth-order valence-electron chi connectivity index (χ4n) is 1.71. The van der Waals surface area contributed by atoms with Crippen LogP contribution in [-0.2, 0) is 11.2 Å². The van der Waals surface area contributed by atoms with Crippen LogP contribution in [0.5, 0.6) is 0 Å². The van der Waals surface area contributed by atoms with Gasteiger partial charge in [-0.1, -0.05) is 12.1 Å². The van der Waals surface area contributed by atoms with Crippen molar-refractivity contribution in [3.8, 4) is 0 Å². The maximum absolute atomic E-state index is 11.1. The minimum Gasteiger partial charge on any atom is -0.297 e. The molecule has 0 radical (unpaired) electrons. The van der Waals surface area contributed by atoms with Crippen LogP contribution in [0.4, 0.5) is 5.69 Å². The van der Waals surface area contributed by atoms with Gasteiger partial charge in [0.15, 0.2) is 0 Å². The van der Waals surface area contributed by atoms with Gasteiger partial charge in [0.25, 0.3) is 0 Å². The van der Waals surface area contributed by atoms with Crippen molar-refractivity contribution in [3.05, 3.63) is 29.1 Å². The minimum atomic E-state index is 0.0217. The second-order valence-corrected chi connectivity index (χ2v) is 4.20. The molecule has 1 amide bonds. The van der Waals surface area contributed by atoms with E-state index >= 15 is 0 Å². The summed E-state index contributed by atoms with van der Waals surface area (Å²) in [6, 6.07) is 6.15. The smallest absolute Gasteiger partial charge is 0.242 e. The Bertz CT molecular complexity index is 518. The van der Waals surface area contributed by atoms with Gasteiger partial charge in [0.05, 0.1) is 16.8 Å². The fraction of sp³-hybridized carbons (Fsp3) is 0.100. The molecule has 0 fully saturated rings. The van der Waals surface area contributed by atoms with Crippen LogP contribution in [-0.4, -0.2) is 5.91 Å². The third-order valence-corrected chi connectivity index (χ3v) is 3.33. The van der Waals surface area contributed by atoms with Gasteiger partial charge in [-0.15, -0.1) is 11.3 Å². The van der Waals surface area contributed by atoms with Crippen LogP contribution in [0.3, 0.4) is 0 Å². The van der Waals surface area contributed by atoms with E-state index in [-0.39, 0.29) is 5.91 Å². The predicted molar refractivity (Wildman–Crippen MR) is 57.3 cm³/mol. The van der Waals surface area contributed by atoms with Gasteiger partial charge in [-0.3, -0.25) is 15.6 Å². The van der Waals surface area contributed by atoms with Crippen molar-refractivity contribution >= 4 is 33.0 Å². The van der Waals surface area contributed by atoms with Gasteiger partial charge < -0.3 is 0 Å². The van der Waals surface area contributed by atoms with Crippen LogP contribution in [0.15, 0.2) is 23.6 Å². The van der Waals surface area contributed by atoms with Crippen molar-refractivity contribution in [2.75, 3.05) is 5.43 Å². The number of benzene rings is 1. The summed E-state index contributed by atoms with van der Waals surface area (Å²) in [6.07, 6.45) is 0.468. The van der Waals surface area contributed by atoms with Gasteiger partial charge >= 0.3 is 0 Å². The molecule has 2 aromatic rings. The van der Waals surface area contributed by atoms with E-state index in [0.29, 0.717) is 6.42 Å². The monoisotopic (exact) mass is 204 g/mol. The molecule has 0 aliphatic carbocycles. The molecule has 1 aromatic carbocycles. The van der Waals surface area contributed by atoms with Crippen molar-refractivity contribution in [1.29, 1.82) is 0 Å². The average Bonchev–Trinajstić information content (AvgIpc) is 2.65. The molecular formula is C10H8N2OS. The third kappa shape index (κ3) is 1.01. The van der Waals surface area contributed by atoms with E-state index in [0.717, 1.165) is 11.3 Å². The number of hydrogen-bond donors (Lipinski definition) is 2. The molecule has 0 spiro atoms. The number of thiophene rings is 1. The zero-order valence-corrected chi connectivity index (χ0v) is 8.15. The molecule has 70 valence electrons. The molecule has 0 unspecified atom stereocenters. The van der Waals surface area contributed by atoms with Crippen molar-refractivity contribution in [2.45, 2.75) is 6.42 Å². The van der Waals surface area contributed by atoms with E-state index in [9.17, 15) is 4.79 Å². The fourth-order valence-corrected chi connectivity index (χ4v) is 2.63. The molecule has 1 aromatic heterocycles. The number of hydrazine groups is 1. The first-order valence-electron chi connectivity index (χ1n) is 4.38. The van der Waals surface area contributed by atoms with E-state index < -0.39 is 0 Å². The highest BCUT2D eigenvalue weighted by Crippen LogP contribution is 2.32. The lowest BCUT2D eigenvalue weighted by molar-refractivity contribution is -0.120. The Labute approximate surface area is 84.7 Å². The lowest BCUT2D eigenvalue weighted by Gasteiger charge is -2.18. The number of fused-ring (bicyclic) bond motifs is 3. The molecule has 3 nitrogen and oxygen atoms in total. The Hall–Kier alpha value is -1.55. The van der Waals surface area contributed by atoms with Crippen molar-refractivity contribution in [2.24, 2.45) is 0 Å². The highest BCUT2D eigenvalue weighted by atomic mass is 32.1. The Kier molecular flexibility index (Phi) is 1.52. The van der Waals surface area contributed by atoms with Gasteiger partial charge in [0.1, 0.15) is 0 Å².